The summed E-state index contributed by atoms with van der Waals surface area (Å²) in [4.78, 5) is 17.9. The van der Waals surface area contributed by atoms with Crippen LogP contribution in [0.1, 0.15) is 21.5 Å². The monoisotopic (exact) mass is 314 g/mol. The summed E-state index contributed by atoms with van der Waals surface area (Å²) in [5, 5.41) is 7.48. The number of aryl methyl sites for hydroxylation is 2. The predicted octanol–water partition coefficient (Wildman–Crippen LogP) is 4.74. The molecule has 2 heterocycles. The third-order valence-corrected chi connectivity index (χ3v) is 4.77. The zero-order chi connectivity index (χ0) is 14.8. The average Bonchev–Trinajstić information content (AvgIpc) is 3.08. The molecule has 1 aromatic carbocycles. The van der Waals surface area contributed by atoms with Crippen LogP contribution in [0.15, 0.2) is 41.1 Å². The fraction of sp³-hybridized carbons (Fsp3) is 0.125. The van der Waals surface area contributed by atoms with E-state index in [1.165, 1.54) is 11.3 Å². The molecule has 0 fully saturated rings. The molecule has 0 unspecified atom stereocenters. The maximum atomic E-state index is 12.3. The standard InChI is InChI=1S/C16H14N2OS2/c1-10-5-6-12(11(2)8-10)15(19)18-16-17-13(9-21-16)14-4-3-7-20-14/h3-9H,1-2H3,(H,17,18,19). The van der Waals surface area contributed by atoms with E-state index in [9.17, 15) is 4.79 Å². The number of hydrogen-bond donors (Lipinski definition) is 1. The molecule has 0 atom stereocenters. The summed E-state index contributed by atoms with van der Waals surface area (Å²) >= 11 is 3.08. The van der Waals surface area contributed by atoms with Gasteiger partial charge in [0.25, 0.3) is 5.91 Å². The van der Waals surface area contributed by atoms with Gasteiger partial charge in [-0.2, -0.15) is 0 Å². The van der Waals surface area contributed by atoms with Crippen molar-refractivity contribution in [3.8, 4) is 10.6 Å². The van der Waals surface area contributed by atoms with Gasteiger partial charge < -0.3 is 0 Å². The highest BCUT2D eigenvalue weighted by atomic mass is 32.1. The van der Waals surface area contributed by atoms with Crippen LogP contribution in [0, 0.1) is 13.8 Å². The van der Waals surface area contributed by atoms with Gasteiger partial charge in [0.2, 0.25) is 0 Å². The number of anilines is 1. The number of hydrogen-bond acceptors (Lipinski definition) is 4. The van der Waals surface area contributed by atoms with Crippen molar-refractivity contribution >= 4 is 33.7 Å². The van der Waals surface area contributed by atoms with Crippen molar-refractivity contribution in [2.75, 3.05) is 5.32 Å². The third kappa shape index (κ3) is 3.04. The molecule has 0 aliphatic heterocycles. The molecule has 0 radical (unpaired) electrons. The summed E-state index contributed by atoms with van der Waals surface area (Å²) in [5.41, 5.74) is 3.72. The van der Waals surface area contributed by atoms with Crippen LogP contribution < -0.4 is 5.32 Å². The molecular formula is C16H14N2OS2. The molecule has 0 spiro atoms. The van der Waals surface area contributed by atoms with E-state index in [0.717, 1.165) is 21.7 Å². The highest BCUT2D eigenvalue weighted by Crippen LogP contribution is 2.28. The van der Waals surface area contributed by atoms with Crippen LogP contribution in [0.2, 0.25) is 0 Å². The minimum absolute atomic E-state index is 0.112. The SMILES string of the molecule is Cc1ccc(C(=O)Nc2nc(-c3cccs3)cs2)c(C)c1. The summed E-state index contributed by atoms with van der Waals surface area (Å²) in [6.45, 7) is 3.96. The Labute approximate surface area is 131 Å². The molecule has 3 rings (SSSR count). The molecule has 0 saturated heterocycles. The van der Waals surface area contributed by atoms with Crippen molar-refractivity contribution in [2.24, 2.45) is 0 Å². The van der Waals surface area contributed by atoms with Crippen LogP contribution >= 0.6 is 22.7 Å². The van der Waals surface area contributed by atoms with Gasteiger partial charge in [0, 0.05) is 10.9 Å². The number of nitrogens with zero attached hydrogens (tertiary/aromatic N) is 1. The molecule has 1 N–H and O–H groups in total. The maximum Gasteiger partial charge on any atom is 0.257 e. The largest absolute Gasteiger partial charge is 0.298 e. The first-order chi connectivity index (χ1) is 10.1. The lowest BCUT2D eigenvalue weighted by Crippen LogP contribution is -2.13. The molecule has 3 aromatic rings. The first kappa shape index (κ1) is 14.0. The number of carbonyl (C=O) groups excluding carboxylic acids is 1. The molecule has 21 heavy (non-hydrogen) atoms. The van der Waals surface area contributed by atoms with Crippen LogP contribution in [-0.2, 0) is 0 Å². The normalized spacial score (nSPS) is 10.6. The smallest absolute Gasteiger partial charge is 0.257 e. The van der Waals surface area contributed by atoms with Gasteiger partial charge in [-0.15, -0.1) is 22.7 Å². The van der Waals surface area contributed by atoms with Crippen LogP contribution in [0.25, 0.3) is 10.6 Å². The van der Waals surface area contributed by atoms with Crippen molar-refractivity contribution in [3.63, 3.8) is 0 Å². The number of benzene rings is 1. The van der Waals surface area contributed by atoms with Crippen molar-refractivity contribution in [1.82, 2.24) is 4.98 Å². The van der Waals surface area contributed by atoms with E-state index in [0.29, 0.717) is 10.7 Å². The van der Waals surface area contributed by atoms with Crippen LogP contribution in [0.5, 0.6) is 0 Å². The molecule has 0 aliphatic carbocycles. The number of thiazole rings is 1. The lowest BCUT2D eigenvalue weighted by molar-refractivity contribution is 0.102. The molecule has 5 heteroatoms. The minimum atomic E-state index is -0.112. The third-order valence-electron chi connectivity index (χ3n) is 3.12. The lowest BCUT2D eigenvalue weighted by Gasteiger charge is -2.06. The predicted molar refractivity (Wildman–Crippen MR) is 89.3 cm³/mol. The van der Waals surface area contributed by atoms with Crippen LogP contribution in [-0.4, -0.2) is 10.9 Å². The van der Waals surface area contributed by atoms with Gasteiger partial charge in [-0.25, -0.2) is 4.98 Å². The van der Waals surface area contributed by atoms with E-state index in [4.69, 9.17) is 0 Å². The molecule has 2 aromatic heterocycles. The molecule has 3 nitrogen and oxygen atoms in total. The minimum Gasteiger partial charge on any atom is -0.298 e. The summed E-state index contributed by atoms with van der Waals surface area (Å²) in [5.74, 6) is -0.112. The first-order valence-electron chi connectivity index (χ1n) is 6.51. The number of aromatic nitrogens is 1. The zero-order valence-electron chi connectivity index (χ0n) is 11.7. The second-order valence-corrected chi connectivity index (χ2v) is 6.59. The molecule has 0 aliphatic rings. The van der Waals surface area contributed by atoms with E-state index in [1.807, 2.05) is 54.9 Å². The highest BCUT2D eigenvalue weighted by molar-refractivity contribution is 7.16. The Balaban J connectivity index is 1.79. The number of amides is 1. The highest BCUT2D eigenvalue weighted by Gasteiger charge is 2.12. The molecular weight excluding hydrogens is 300 g/mol. The Morgan fingerprint density at radius 2 is 2.05 bits per heavy atom. The van der Waals surface area contributed by atoms with Gasteiger partial charge >= 0.3 is 0 Å². The number of carbonyl (C=O) groups is 1. The summed E-state index contributed by atoms with van der Waals surface area (Å²) in [6.07, 6.45) is 0. The van der Waals surface area contributed by atoms with Gasteiger partial charge in [0.1, 0.15) is 0 Å². The molecule has 1 amide bonds. The quantitative estimate of drug-likeness (QED) is 0.758. The van der Waals surface area contributed by atoms with Crippen LogP contribution in [0.4, 0.5) is 5.13 Å². The van der Waals surface area contributed by atoms with Crippen molar-refractivity contribution < 1.29 is 4.79 Å². The Hall–Kier alpha value is -1.98. The number of rotatable bonds is 3. The Kier molecular flexibility index (Phi) is 3.86. The van der Waals surface area contributed by atoms with E-state index in [1.54, 1.807) is 11.3 Å². The van der Waals surface area contributed by atoms with Gasteiger partial charge in [-0.05, 0) is 36.9 Å². The van der Waals surface area contributed by atoms with Gasteiger partial charge in [0.15, 0.2) is 5.13 Å². The summed E-state index contributed by atoms with van der Waals surface area (Å²) in [7, 11) is 0. The first-order valence-corrected chi connectivity index (χ1v) is 8.27. The molecule has 0 bridgehead atoms. The topological polar surface area (TPSA) is 42.0 Å². The van der Waals surface area contributed by atoms with E-state index in [2.05, 4.69) is 10.3 Å². The number of thiophene rings is 1. The van der Waals surface area contributed by atoms with Crippen molar-refractivity contribution in [3.05, 3.63) is 57.8 Å². The second kappa shape index (κ2) is 5.79. The Morgan fingerprint density at radius 1 is 1.19 bits per heavy atom. The molecule has 0 saturated carbocycles. The van der Waals surface area contributed by atoms with Crippen LogP contribution in [0.3, 0.4) is 0 Å². The number of nitrogens with one attached hydrogen (secondary N) is 1. The lowest BCUT2D eigenvalue weighted by atomic mass is 10.1. The summed E-state index contributed by atoms with van der Waals surface area (Å²) < 4.78 is 0. The second-order valence-electron chi connectivity index (χ2n) is 4.79. The van der Waals surface area contributed by atoms with E-state index < -0.39 is 0 Å². The van der Waals surface area contributed by atoms with Gasteiger partial charge in [-0.3, -0.25) is 10.1 Å². The van der Waals surface area contributed by atoms with Gasteiger partial charge in [0.05, 0.1) is 10.6 Å². The zero-order valence-corrected chi connectivity index (χ0v) is 13.3. The van der Waals surface area contributed by atoms with E-state index >= 15 is 0 Å². The van der Waals surface area contributed by atoms with Crippen molar-refractivity contribution in [2.45, 2.75) is 13.8 Å². The Morgan fingerprint density at radius 3 is 2.76 bits per heavy atom. The maximum absolute atomic E-state index is 12.3. The molecule has 106 valence electrons. The average molecular weight is 314 g/mol. The fourth-order valence-electron chi connectivity index (χ4n) is 2.10. The fourth-order valence-corrected chi connectivity index (χ4v) is 3.57. The van der Waals surface area contributed by atoms with Crippen molar-refractivity contribution in [1.29, 1.82) is 0 Å². The Bertz CT molecular complexity index is 775. The van der Waals surface area contributed by atoms with Gasteiger partial charge in [-0.1, -0.05) is 23.8 Å². The summed E-state index contributed by atoms with van der Waals surface area (Å²) in [6, 6.07) is 9.82. The van der Waals surface area contributed by atoms with E-state index in [-0.39, 0.29) is 5.91 Å².